The molecule has 1 aliphatic rings. The molecule has 3 aromatic heterocycles. The number of benzene rings is 1. The molecule has 0 aliphatic heterocycles. The average Bonchev–Trinajstić information content (AvgIpc) is 3.27. The zero-order valence-corrected chi connectivity index (χ0v) is 14.5. The molecule has 0 amide bonds. The summed E-state index contributed by atoms with van der Waals surface area (Å²) < 4.78 is 4.06. The summed E-state index contributed by atoms with van der Waals surface area (Å²) in [6, 6.07) is 8.13. The predicted molar refractivity (Wildman–Crippen MR) is 99.9 cm³/mol. The van der Waals surface area contributed by atoms with Gasteiger partial charge in [0, 0.05) is 4.88 Å². The SMILES string of the molecule is C=Cn1c[n+](Cc2nc3sc4c(c3c(=O)[nH]2)CCC4)c2ccccc21. The Hall–Kier alpha value is -2.73. The van der Waals surface area contributed by atoms with Crippen molar-refractivity contribution in [1.29, 1.82) is 0 Å². The number of nitrogens with zero attached hydrogens (tertiary/aromatic N) is 3. The van der Waals surface area contributed by atoms with Gasteiger partial charge in [-0.2, -0.15) is 0 Å². The van der Waals surface area contributed by atoms with Crippen LogP contribution in [0.25, 0.3) is 27.4 Å². The summed E-state index contributed by atoms with van der Waals surface area (Å²) in [5.74, 6) is 0.689. The Morgan fingerprint density at radius 2 is 2.24 bits per heavy atom. The Morgan fingerprint density at radius 3 is 3.12 bits per heavy atom. The molecule has 5 nitrogen and oxygen atoms in total. The summed E-state index contributed by atoms with van der Waals surface area (Å²) in [5, 5.41) is 0.805. The lowest BCUT2D eigenvalue weighted by Crippen LogP contribution is -2.34. The fourth-order valence-corrected chi connectivity index (χ4v) is 5.04. The van der Waals surface area contributed by atoms with E-state index in [1.165, 1.54) is 10.4 Å². The van der Waals surface area contributed by atoms with Crippen LogP contribution in [0, 0.1) is 0 Å². The number of aryl methyl sites for hydroxylation is 2. The minimum atomic E-state index is -0.00698. The Labute approximate surface area is 147 Å². The van der Waals surface area contributed by atoms with Gasteiger partial charge in [-0.3, -0.25) is 4.79 Å². The van der Waals surface area contributed by atoms with Crippen molar-refractivity contribution < 1.29 is 4.57 Å². The summed E-state index contributed by atoms with van der Waals surface area (Å²) >= 11 is 1.68. The lowest BCUT2D eigenvalue weighted by molar-refractivity contribution is -0.663. The van der Waals surface area contributed by atoms with Crippen LogP contribution < -0.4 is 10.1 Å². The number of para-hydroxylation sites is 2. The summed E-state index contributed by atoms with van der Waals surface area (Å²) in [7, 11) is 0. The summed E-state index contributed by atoms with van der Waals surface area (Å²) in [5.41, 5.74) is 3.37. The van der Waals surface area contributed by atoms with Crippen molar-refractivity contribution in [1.82, 2.24) is 14.5 Å². The first-order valence-corrected chi connectivity index (χ1v) is 9.21. The zero-order valence-electron chi connectivity index (χ0n) is 13.7. The average molecular weight is 349 g/mol. The van der Waals surface area contributed by atoms with E-state index in [4.69, 9.17) is 4.98 Å². The fraction of sp³-hybridized carbons (Fsp3) is 0.211. The smallest absolute Gasteiger partial charge is 0.260 e. The molecule has 0 spiro atoms. The molecule has 1 aromatic carbocycles. The van der Waals surface area contributed by atoms with Gasteiger partial charge in [0.05, 0.1) is 11.6 Å². The Morgan fingerprint density at radius 1 is 1.36 bits per heavy atom. The van der Waals surface area contributed by atoms with E-state index in [-0.39, 0.29) is 5.56 Å². The van der Waals surface area contributed by atoms with E-state index < -0.39 is 0 Å². The van der Waals surface area contributed by atoms with Gasteiger partial charge in [-0.05, 0) is 37.0 Å². The number of thiophene rings is 1. The van der Waals surface area contributed by atoms with Crippen LogP contribution in [0.15, 0.2) is 42.0 Å². The van der Waals surface area contributed by atoms with Gasteiger partial charge >= 0.3 is 0 Å². The number of imidazole rings is 1. The highest BCUT2D eigenvalue weighted by atomic mass is 32.1. The lowest BCUT2D eigenvalue weighted by atomic mass is 10.2. The quantitative estimate of drug-likeness (QED) is 0.578. The molecule has 0 unspecified atom stereocenters. The lowest BCUT2D eigenvalue weighted by Gasteiger charge is -2.00. The number of fused-ring (bicyclic) bond motifs is 4. The van der Waals surface area contributed by atoms with Gasteiger partial charge in [-0.25, -0.2) is 14.1 Å². The van der Waals surface area contributed by atoms with Crippen molar-refractivity contribution >= 4 is 38.8 Å². The van der Waals surface area contributed by atoms with Crippen molar-refractivity contribution in [2.24, 2.45) is 0 Å². The van der Waals surface area contributed by atoms with Crippen molar-refractivity contribution in [2.75, 3.05) is 0 Å². The summed E-state index contributed by atoms with van der Waals surface area (Å²) in [4.78, 5) is 22.6. The van der Waals surface area contributed by atoms with E-state index in [9.17, 15) is 4.79 Å². The molecule has 3 heterocycles. The second kappa shape index (κ2) is 5.39. The van der Waals surface area contributed by atoms with E-state index >= 15 is 0 Å². The highest BCUT2D eigenvalue weighted by Gasteiger charge is 2.22. The molecule has 1 N–H and O–H groups in total. The van der Waals surface area contributed by atoms with E-state index in [0.29, 0.717) is 12.4 Å². The standard InChI is InChI=1S/C19H16N4OS/c1-2-22-11-23(14-8-4-3-7-13(14)22)10-16-20-18(24)17-12-6-5-9-15(12)25-19(17)21-16/h2-4,7-8,11H,1,5-6,9-10H2/p+1. The highest BCUT2D eigenvalue weighted by Crippen LogP contribution is 2.34. The minimum absolute atomic E-state index is 0.00698. The van der Waals surface area contributed by atoms with E-state index in [1.54, 1.807) is 17.5 Å². The topological polar surface area (TPSA) is 54.6 Å². The molecular formula is C19H17N4OS+. The van der Waals surface area contributed by atoms with Gasteiger partial charge in [-0.15, -0.1) is 11.3 Å². The zero-order chi connectivity index (χ0) is 17.0. The van der Waals surface area contributed by atoms with Crippen LogP contribution in [0.1, 0.15) is 22.7 Å². The summed E-state index contributed by atoms with van der Waals surface area (Å²) in [6.07, 6.45) is 6.99. The fourth-order valence-electron chi connectivity index (χ4n) is 3.75. The molecule has 0 radical (unpaired) electrons. The molecule has 124 valence electrons. The number of H-pyrrole nitrogens is 1. The second-order valence-electron chi connectivity index (χ2n) is 6.37. The van der Waals surface area contributed by atoms with Crippen LogP contribution in [0.3, 0.4) is 0 Å². The number of rotatable bonds is 3. The minimum Gasteiger partial charge on any atom is -0.307 e. The third-order valence-electron chi connectivity index (χ3n) is 4.87. The molecule has 0 saturated carbocycles. The first kappa shape index (κ1) is 14.6. The van der Waals surface area contributed by atoms with Crippen LogP contribution in [-0.4, -0.2) is 14.5 Å². The molecule has 0 atom stereocenters. The van der Waals surface area contributed by atoms with Gasteiger partial charge < -0.3 is 4.98 Å². The van der Waals surface area contributed by atoms with E-state index in [0.717, 1.165) is 40.5 Å². The molecule has 0 fully saturated rings. The Bertz CT molecular complexity index is 1200. The molecule has 6 heteroatoms. The molecule has 4 aromatic rings. The molecule has 0 saturated heterocycles. The largest absolute Gasteiger partial charge is 0.307 e. The van der Waals surface area contributed by atoms with Crippen LogP contribution in [0.4, 0.5) is 0 Å². The number of nitrogens with one attached hydrogen (secondary N) is 1. The van der Waals surface area contributed by atoms with Gasteiger partial charge in [0.15, 0.2) is 16.9 Å². The Balaban J connectivity index is 1.63. The maximum absolute atomic E-state index is 12.6. The predicted octanol–water partition coefficient (Wildman–Crippen LogP) is 2.86. The second-order valence-corrected chi connectivity index (χ2v) is 7.46. The van der Waals surface area contributed by atoms with Crippen molar-refractivity contribution in [2.45, 2.75) is 25.8 Å². The normalized spacial score (nSPS) is 13.6. The van der Waals surface area contributed by atoms with Crippen LogP contribution in [0.5, 0.6) is 0 Å². The first-order valence-electron chi connectivity index (χ1n) is 8.39. The van der Waals surface area contributed by atoms with Crippen LogP contribution in [0.2, 0.25) is 0 Å². The van der Waals surface area contributed by atoms with E-state index in [1.807, 2.05) is 23.0 Å². The monoisotopic (exact) mass is 349 g/mol. The Kier molecular flexibility index (Phi) is 3.15. The maximum atomic E-state index is 12.6. The van der Waals surface area contributed by atoms with Crippen molar-refractivity contribution in [3.05, 3.63) is 63.8 Å². The first-order chi connectivity index (χ1) is 12.2. The van der Waals surface area contributed by atoms with Gasteiger partial charge in [0.25, 0.3) is 5.56 Å². The number of aromatic nitrogens is 4. The number of hydrogen-bond acceptors (Lipinski definition) is 3. The number of hydrogen-bond donors (Lipinski definition) is 1. The maximum Gasteiger partial charge on any atom is 0.260 e. The summed E-state index contributed by atoms with van der Waals surface area (Å²) in [6.45, 7) is 4.39. The number of aromatic amines is 1. The van der Waals surface area contributed by atoms with Gasteiger partial charge in [0.1, 0.15) is 11.4 Å². The van der Waals surface area contributed by atoms with Crippen molar-refractivity contribution in [3.8, 4) is 0 Å². The molecule has 5 rings (SSSR count). The third-order valence-corrected chi connectivity index (χ3v) is 6.06. The molecule has 1 aliphatic carbocycles. The van der Waals surface area contributed by atoms with E-state index in [2.05, 4.69) is 28.3 Å². The highest BCUT2D eigenvalue weighted by molar-refractivity contribution is 7.18. The van der Waals surface area contributed by atoms with Crippen molar-refractivity contribution in [3.63, 3.8) is 0 Å². The molecule has 0 bridgehead atoms. The third kappa shape index (κ3) is 2.17. The molecule has 25 heavy (non-hydrogen) atoms. The van der Waals surface area contributed by atoms with Gasteiger partial charge in [0.2, 0.25) is 6.33 Å². The van der Waals surface area contributed by atoms with Crippen LogP contribution in [-0.2, 0) is 19.4 Å². The molecular weight excluding hydrogens is 332 g/mol. The van der Waals surface area contributed by atoms with Crippen LogP contribution >= 0.6 is 11.3 Å². The van der Waals surface area contributed by atoms with Gasteiger partial charge in [-0.1, -0.05) is 18.7 Å².